The molecule has 51 heavy (non-hydrogen) atoms. The largest absolute Gasteiger partial charge is 0.457 e. The van der Waals surface area contributed by atoms with Crippen molar-refractivity contribution in [2.45, 2.75) is 93.4 Å². The van der Waals surface area contributed by atoms with Crippen LogP contribution in [-0.4, -0.2) is 19.3 Å². The molecule has 4 aromatic carbocycles. The molecule has 7 aromatic rings. The van der Waals surface area contributed by atoms with Crippen molar-refractivity contribution in [1.82, 2.24) is 19.3 Å². The van der Waals surface area contributed by atoms with E-state index in [1.165, 1.54) is 49.7 Å². The van der Waals surface area contributed by atoms with Gasteiger partial charge in [0.15, 0.2) is 0 Å². The van der Waals surface area contributed by atoms with Crippen molar-refractivity contribution in [3.63, 3.8) is 0 Å². The number of hydrogen-bond acceptors (Lipinski definition) is 3. The van der Waals surface area contributed by atoms with Crippen LogP contribution in [0.4, 0.5) is 0 Å². The van der Waals surface area contributed by atoms with Crippen LogP contribution in [0.3, 0.4) is 0 Å². The Balaban J connectivity index is 1.34. The molecule has 0 saturated carbocycles. The second-order valence-corrected chi connectivity index (χ2v) is 15.8. The van der Waals surface area contributed by atoms with Crippen molar-refractivity contribution in [1.29, 1.82) is 0 Å². The molecule has 3 heterocycles. The summed E-state index contributed by atoms with van der Waals surface area (Å²) in [5, 5.41) is 7.51. The molecule has 0 spiro atoms. The van der Waals surface area contributed by atoms with E-state index in [-0.39, 0.29) is 5.41 Å². The highest BCUT2D eigenvalue weighted by molar-refractivity contribution is 6.09. The highest BCUT2D eigenvalue weighted by Crippen LogP contribution is 2.39. The predicted molar refractivity (Wildman–Crippen MR) is 213 cm³/mol. The summed E-state index contributed by atoms with van der Waals surface area (Å²) < 4.78 is 11.1. The third kappa shape index (κ3) is 6.24. The van der Waals surface area contributed by atoms with Gasteiger partial charge in [-0.15, -0.1) is 0 Å². The van der Waals surface area contributed by atoms with Gasteiger partial charge < -0.3 is 4.74 Å². The van der Waals surface area contributed by atoms with Gasteiger partial charge in [0.05, 0.1) is 22.4 Å². The number of aromatic nitrogens is 4. The van der Waals surface area contributed by atoms with E-state index in [0.717, 1.165) is 45.4 Å². The summed E-state index contributed by atoms with van der Waals surface area (Å²) in [4.78, 5) is 4.84. The summed E-state index contributed by atoms with van der Waals surface area (Å²) in [5.41, 5.74) is 14.1. The quantitative estimate of drug-likeness (QED) is 0.169. The Labute approximate surface area is 302 Å². The maximum absolute atomic E-state index is 6.79. The van der Waals surface area contributed by atoms with Gasteiger partial charge in [-0.2, -0.15) is 5.10 Å². The van der Waals surface area contributed by atoms with Crippen LogP contribution >= 0.6 is 0 Å². The topological polar surface area (TPSA) is 44.9 Å². The zero-order valence-corrected chi connectivity index (χ0v) is 32.0. The zero-order valence-electron chi connectivity index (χ0n) is 32.0. The van der Waals surface area contributed by atoms with Crippen LogP contribution in [0.25, 0.3) is 44.4 Å². The lowest BCUT2D eigenvalue weighted by Crippen LogP contribution is -2.12. The maximum atomic E-state index is 6.79. The Hall–Kier alpha value is -5.16. The molecule has 0 unspecified atom stereocenters. The van der Waals surface area contributed by atoms with Crippen molar-refractivity contribution in [3.8, 4) is 34.1 Å². The standard InChI is InChI=1S/C46H50N4O/c1-27(2)33-18-19-47-43(22-33)49-41-15-13-12-14-39(41)40-17-16-37(26-42(40)49)51-38-24-35(46(9,10)11)23-36(25-38)50-32(8)45(31(7)48-50)44-29(5)20-34(28(3)4)21-30(44)6/h12-28H,1-11H3. The fraction of sp³-hybridized carbons (Fsp3) is 0.304. The number of pyridine rings is 1. The first-order valence-electron chi connectivity index (χ1n) is 18.2. The van der Waals surface area contributed by atoms with E-state index in [2.05, 4.69) is 170 Å². The summed E-state index contributed by atoms with van der Waals surface area (Å²) in [6.45, 7) is 24.4. The van der Waals surface area contributed by atoms with Gasteiger partial charge in [0.1, 0.15) is 17.3 Å². The van der Waals surface area contributed by atoms with E-state index in [9.17, 15) is 0 Å². The lowest BCUT2D eigenvalue weighted by atomic mass is 9.86. The lowest BCUT2D eigenvalue weighted by molar-refractivity contribution is 0.478. The van der Waals surface area contributed by atoms with Gasteiger partial charge in [0.25, 0.3) is 0 Å². The predicted octanol–water partition coefficient (Wildman–Crippen LogP) is 12.6. The minimum absolute atomic E-state index is 0.101. The Morgan fingerprint density at radius 2 is 1.33 bits per heavy atom. The average Bonchev–Trinajstić information content (AvgIpc) is 3.56. The third-order valence-electron chi connectivity index (χ3n) is 10.3. The van der Waals surface area contributed by atoms with Gasteiger partial charge in [-0.25, -0.2) is 9.67 Å². The smallest absolute Gasteiger partial charge is 0.137 e. The highest BCUT2D eigenvalue weighted by atomic mass is 16.5. The monoisotopic (exact) mass is 674 g/mol. The van der Waals surface area contributed by atoms with Gasteiger partial charge in [-0.05, 0) is 121 Å². The van der Waals surface area contributed by atoms with Gasteiger partial charge in [0.2, 0.25) is 0 Å². The number of ether oxygens (including phenoxy) is 1. The summed E-state index contributed by atoms with van der Waals surface area (Å²) >= 11 is 0. The van der Waals surface area contributed by atoms with Crippen LogP contribution < -0.4 is 4.74 Å². The van der Waals surface area contributed by atoms with Gasteiger partial charge in [-0.1, -0.05) is 78.8 Å². The first kappa shape index (κ1) is 34.3. The van der Waals surface area contributed by atoms with Crippen LogP contribution in [0, 0.1) is 27.7 Å². The fourth-order valence-corrected chi connectivity index (χ4v) is 7.49. The molecule has 0 saturated heterocycles. The Morgan fingerprint density at radius 1 is 0.647 bits per heavy atom. The van der Waals surface area contributed by atoms with Crippen LogP contribution in [-0.2, 0) is 5.41 Å². The van der Waals surface area contributed by atoms with E-state index < -0.39 is 0 Å². The van der Waals surface area contributed by atoms with Crippen molar-refractivity contribution >= 4 is 21.8 Å². The van der Waals surface area contributed by atoms with E-state index >= 15 is 0 Å². The van der Waals surface area contributed by atoms with Gasteiger partial charge in [0, 0.05) is 40.4 Å². The summed E-state index contributed by atoms with van der Waals surface area (Å²) in [5.74, 6) is 3.35. The number of hydrogen-bond donors (Lipinski definition) is 0. The Bertz CT molecular complexity index is 2410. The van der Waals surface area contributed by atoms with E-state index in [4.69, 9.17) is 14.8 Å². The molecule has 0 atom stereocenters. The van der Waals surface area contributed by atoms with Crippen molar-refractivity contribution in [2.24, 2.45) is 0 Å². The second-order valence-electron chi connectivity index (χ2n) is 15.8. The number of fused-ring (bicyclic) bond motifs is 3. The van der Waals surface area contributed by atoms with Crippen LogP contribution in [0.1, 0.15) is 99.5 Å². The third-order valence-corrected chi connectivity index (χ3v) is 10.3. The number of nitrogens with zero attached hydrogens (tertiary/aromatic N) is 4. The molecule has 7 rings (SSSR count). The fourth-order valence-electron chi connectivity index (χ4n) is 7.49. The Kier molecular flexibility index (Phi) is 8.65. The van der Waals surface area contributed by atoms with E-state index in [1.807, 2.05) is 6.20 Å². The molecule has 0 N–H and O–H groups in total. The minimum atomic E-state index is -0.101. The molecular formula is C46H50N4O. The molecule has 260 valence electrons. The van der Waals surface area contributed by atoms with Crippen LogP contribution in [0.5, 0.6) is 11.5 Å². The van der Waals surface area contributed by atoms with Crippen LogP contribution in [0.2, 0.25) is 0 Å². The molecule has 0 radical (unpaired) electrons. The normalized spacial score (nSPS) is 12.2. The first-order chi connectivity index (χ1) is 24.2. The molecule has 0 bridgehead atoms. The molecule has 0 aliphatic carbocycles. The maximum Gasteiger partial charge on any atom is 0.137 e. The molecule has 0 amide bonds. The second kappa shape index (κ2) is 12.9. The lowest BCUT2D eigenvalue weighted by Gasteiger charge is -2.22. The van der Waals surface area contributed by atoms with Gasteiger partial charge >= 0.3 is 0 Å². The summed E-state index contributed by atoms with van der Waals surface area (Å²) in [6.07, 6.45) is 1.92. The van der Waals surface area contributed by atoms with E-state index in [0.29, 0.717) is 11.8 Å². The molecule has 0 fully saturated rings. The van der Waals surface area contributed by atoms with Gasteiger partial charge in [-0.3, -0.25) is 4.57 Å². The Morgan fingerprint density at radius 3 is 2.02 bits per heavy atom. The number of rotatable bonds is 7. The summed E-state index contributed by atoms with van der Waals surface area (Å²) in [6, 6.07) is 30.5. The SMILES string of the molecule is Cc1cc(C(C)C)cc(C)c1-c1c(C)nn(-c2cc(Oc3ccc4c5ccccc5n(-c5cc(C(C)C)ccn5)c4c3)cc(C(C)(C)C)c2)c1C. The highest BCUT2D eigenvalue weighted by Gasteiger charge is 2.23. The molecule has 3 aromatic heterocycles. The molecule has 5 nitrogen and oxygen atoms in total. The number of aryl methyl sites for hydroxylation is 3. The average molecular weight is 675 g/mol. The number of benzene rings is 4. The van der Waals surface area contributed by atoms with Crippen molar-refractivity contribution in [3.05, 3.63) is 130 Å². The van der Waals surface area contributed by atoms with Crippen molar-refractivity contribution < 1.29 is 4.74 Å². The first-order valence-corrected chi connectivity index (χ1v) is 18.2. The number of para-hydroxylation sites is 1. The van der Waals surface area contributed by atoms with Crippen molar-refractivity contribution in [2.75, 3.05) is 0 Å². The zero-order chi connectivity index (χ0) is 36.4. The summed E-state index contributed by atoms with van der Waals surface area (Å²) in [7, 11) is 0. The molecule has 5 heteroatoms. The van der Waals surface area contributed by atoms with Crippen LogP contribution in [0.15, 0.2) is 91.1 Å². The molecular weight excluding hydrogens is 625 g/mol. The molecule has 0 aliphatic rings. The molecule has 0 aliphatic heterocycles. The van der Waals surface area contributed by atoms with E-state index in [1.54, 1.807) is 0 Å². The minimum Gasteiger partial charge on any atom is -0.457 e.